The van der Waals surface area contributed by atoms with Crippen molar-refractivity contribution >= 4 is 39.2 Å². The van der Waals surface area contributed by atoms with Crippen molar-refractivity contribution in [3.63, 3.8) is 0 Å². The molecule has 0 atom stereocenters. The number of halogens is 1. The summed E-state index contributed by atoms with van der Waals surface area (Å²) in [5.74, 6) is -1.26. The third-order valence-corrected chi connectivity index (χ3v) is 2.84. The van der Waals surface area contributed by atoms with Crippen LogP contribution < -0.4 is 0 Å². The maximum atomic E-state index is 11.2. The fourth-order valence-corrected chi connectivity index (χ4v) is 2.12. The topological polar surface area (TPSA) is 65.5 Å². The highest BCUT2D eigenvalue weighted by Gasteiger charge is 2.23. The second-order valence-corrected chi connectivity index (χ2v) is 4.40. The Kier molecular flexibility index (Phi) is 3.59. The Hall–Kier alpha value is -0.950. The first-order valence-electron chi connectivity index (χ1n) is 3.43. The van der Waals surface area contributed by atoms with Gasteiger partial charge in [-0.05, 0) is 15.9 Å². The van der Waals surface area contributed by atoms with Gasteiger partial charge in [-0.2, -0.15) is 0 Å². The number of hydrogen-bond acceptors (Lipinski definition) is 6. The zero-order valence-electron chi connectivity index (χ0n) is 7.37. The molecule has 1 aromatic rings. The van der Waals surface area contributed by atoms with Crippen molar-refractivity contribution in [2.45, 2.75) is 0 Å². The highest BCUT2D eigenvalue weighted by molar-refractivity contribution is 9.11. The quantitative estimate of drug-likeness (QED) is 0.768. The summed E-state index contributed by atoms with van der Waals surface area (Å²) >= 11 is 4.09. The van der Waals surface area contributed by atoms with Crippen molar-refractivity contribution in [1.29, 1.82) is 0 Å². The number of nitrogens with zero attached hydrogens (tertiary/aromatic N) is 1. The van der Waals surface area contributed by atoms with E-state index in [-0.39, 0.29) is 10.6 Å². The minimum atomic E-state index is -0.660. The van der Waals surface area contributed by atoms with Gasteiger partial charge < -0.3 is 9.47 Å². The summed E-state index contributed by atoms with van der Waals surface area (Å²) in [5.41, 5.74) is -0.0313. The summed E-state index contributed by atoms with van der Waals surface area (Å²) in [6.07, 6.45) is 0. The molecule has 0 N–H and O–H groups in total. The van der Waals surface area contributed by atoms with Crippen molar-refractivity contribution in [3.05, 3.63) is 14.5 Å². The van der Waals surface area contributed by atoms with Gasteiger partial charge in [0.1, 0.15) is 4.88 Å². The molecule has 0 saturated carbocycles. The fraction of sp³-hybridized carbons (Fsp3) is 0.286. The molecule has 0 saturated heterocycles. The molecular weight excluding hydrogens is 274 g/mol. The molecule has 76 valence electrons. The van der Waals surface area contributed by atoms with Crippen LogP contribution in [0.15, 0.2) is 3.92 Å². The molecule has 0 spiro atoms. The van der Waals surface area contributed by atoms with Gasteiger partial charge in [-0.3, -0.25) is 0 Å². The van der Waals surface area contributed by atoms with Crippen molar-refractivity contribution in [3.8, 4) is 0 Å². The molecule has 0 unspecified atom stereocenters. The lowest BCUT2D eigenvalue weighted by Gasteiger charge is -1.97. The largest absolute Gasteiger partial charge is 0.465 e. The number of carbonyl (C=O) groups is 2. The molecule has 1 heterocycles. The SMILES string of the molecule is COC(=O)c1nc(Br)sc1C(=O)OC. The van der Waals surface area contributed by atoms with Crippen LogP contribution in [0.25, 0.3) is 0 Å². The number of ether oxygens (including phenoxy) is 2. The van der Waals surface area contributed by atoms with E-state index in [0.717, 1.165) is 11.3 Å². The average molecular weight is 280 g/mol. The molecule has 0 aliphatic carbocycles. The van der Waals surface area contributed by atoms with Crippen LogP contribution in [0.4, 0.5) is 0 Å². The van der Waals surface area contributed by atoms with Crippen LogP contribution in [-0.4, -0.2) is 31.1 Å². The smallest absolute Gasteiger partial charge is 0.358 e. The monoisotopic (exact) mass is 279 g/mol. The van der Waals surface area contributed by atoms with E-state index in [1.165, 1.54) is 14.2 Å². The number of rotatable bonds is 2. The molecule has 0 fully saturated rings. The lowest BCUT2D eigenvalue weighted by atomic mass is 10.3. The maximum Gasteiger partial charge on any atom is 0.358 e. The van der Waals surface area contributed by atoms with E-state index in [9.17, 15) is 9.59 Å². The Balaban J connectivity index is 3.15. The van der Waals surface area contributed by atoms with Crippen LogP contribution in [0.5, 0.6) is 0 Å². The predicted octanol–water partition coefficient (Wildman–Crippen LogP) is 1.48. The van der Waals surface area contributed by atoms with Gasteiger partial charge in [-0.1, -0.05) is 11.3 Å². The summed E-state index contributed by atoms with van der Waals surface area (Å²) in [6, 6.07) is 0. The summed E-state index contributed by atoms with van der Waals surface area (Å²) in [7, 11) is 2.45. The van der Waals surface area contributed by atoms with E-state index < -0.39 is 11.9 Å². The number of carbonyl (C=O) groups excluding carboxylic acids is 2. The van der Waals surface area contributed by atoms with Crippen LogP contribution in [0.1, 0.15) is 20.2 Å². The number of aromatic nitrogens is 1. The van der Waals surface area contributed by atoms with E-state index in [1.54, 1.807) is 0 Å². The third-order valence-electron chi connectivity index (χ3n) is 1.35. The number of methoxy groups -OCH3 is 2. The second-order valence-electron chi connectivity index (χ2n) is 2.13. The van der Waals surface area contributed by atoms with Crippen LogP contribution in [0, 0.1) is 0 Å². The van der Waals surface area contributed by atoms with Crippen molar-refractivity contribution in [1.82, 2.24) is 4.98 Å². The Bertz CT molecular complexity index is 342. The molecule has 14 heavy (non-hydrogen) atoms. The first-order valence-corrected chi connectivity index (χ1v) is 5.04. The van der Waals surface area contributed by atoms with Crippen LogP contribution in [0.2, 0.25) is 0 Å². The first kappa shape index (κ1) is 11.1. The van der Waals surface area contributed by atoms with Crippen LogP contribution in [0.3, 0.4) is 0 Å². The molecule has 1 aromatic heterocycles. The molecular formula is C7H6BrNO4S. The average Bonchev–Trinajstić information content (AvgIpc) is 2.58. The van der Waals surface area contributed by atoms with E-state index in [0.29, 0.717) is 3.92 Å². The summed E-state index contributed by atoms with van der Waals surface area (Å²) in [4.78, 5) is 26.3. The minimum Gasteiger partial charge on any atom is -0.465 e. The van der Waals surface area contributed by atoms with Crippen LogP contribution >= 0.6 is 27.3 Å². The number of hydrogen-bond donors (Lipinski definition) is 0. The Morgan fingerprint density at radius 1 is 1.29 bits per heavy atom. The molecule has 0 bridgehead atoms. The zero-order chi connectivity index (χ0) is 10.7. The Morgan fingerprint density at radius 3 is 2.36 bits per heavy atom. The van der Waals surface area contributed by atoms with Gasteiger partial charge in [0.05, 0.1) is 14.2 Å². The maximum absolute atomic E-state index is 11.2. The lowest BCUT2D eigenvalue weighted by molar-refractivity contribution is 0.0555. The Morgan fingerprint density at radius 2 is 1.86 bits per heavy atom. The Labute approximate surface area is 92.2 Å². The van der Waals surface area contributed by atoms with Crippen LogP contribution in [-0.2, 0) is 9.47 Å². The molecule has 0 radical (unpaired) electrons. The molecule has 0 aliphatic rings. The van der Waals surface area contributed by atoms with Crippen molar-refractivity contribution in [2.75, 3.05) is 14.2 Å². The van der Waals surface area contributed by atoms with Gasteiger partial charge in [0, 0.05) is 0 Å². The first-order chi connectivity index (χ1) is 6.60. The highest BCUT2D eigenvalue weighted by Crippen LogP contribution is 2.24. The highest BCUT2D eigenvalue weighted by atomic mass is 79.9. The van der Waals surface area contributed by atoms with Gasteiger partial charge in [-0.15, -0.1) is 0 Å². The normalized spacial score (nSPS) is 9.64. The predicted molar refractivity (Wildman–Crippen MR) is 52.5 cm³/mol. The zero-order valence-corrected chi connectivity index (χ0v) is 9.77. The molecule has 0 aromatic carbocycles. The van der Waals surface area contributed by atoms with E-state index in [2.05, 4.69) is 30.4 Å². The minimum absolute atomic E-state index is 0.0313. The lowest BCUT2D eigenvalue weighted by Crippen LogP contribution is -2.09. The number of thiazole rings is 1. The molecule has 5 nitrogen and oxygen atoms in total. The summed E-state index contributed by atoms with van der Waals surface area (Å²) in [6.45, 7) is 0. The van der Waals surface area contributed by atoms with Gasteiger partial charge in [0.15, 0.2) is 9.61 Å². The standard InChI is InChI=1S/C7H6BrNO4S/c1-12-5(10)3-4(6(11)13-2)14-7(8)9-3/h1-2H3. The van der Waals surface area contributed by atoms with Gasteiger partial charge in [0.25, 0.3) is 0 Å². The number of esters is 2. The van der Waals surface area contributed by atoms with Gasteiger partial charge in [-0.25, -0.2) is 14.6 Å². The van der Waals surface area contributed by atoms with Gasteiger partial charge >= 0.3 is 11.9 Å². The van der Waals surface area contributed by atoms with Gasteiger partial charge in [0.2, 0.25) is 0 Å². The van der Waals surface area contributed by atoms with E-state index in [4.69, 9.17) is 0 Å². The van der Waals surface area contributed by atoms with E-state index >= 15 is 0 Å². The molecule has 0 amide bonds. The summed E-state index contributed by atoms with van der Waals surface area (Å²) < 4.78 is 9.38. The van der Waals surface area contributed by atoms with Crippen molar-refractivity contribution < 1.29 is 19.1 Å². The van der Waals surface area contributed by atoms with E-state index in [1.807, 2.05) is 0 Å². The molecule has 1 rings (SSSR count). The fourth-order valence-electron chi connectivity index (χ4n) is 0.760. The third kappa shape index (κ3) is 2.10. The summed E-state index contributed by atoms with van der Waals surface area (Å²) in [5, 5.41) is 0. The second kappa shape index (κ2) is 4.52. The molecule has 7 heteroatoms. The van der Waals surface area contributed by atoms with Crippen molar-refractivity contribution in [2.24, 2.45) is 0 Å². The molecule has 0 aliphatic heterocycles.